The van der Waals surface area contributed by atoms with Crippen molar-refractivity contribution >= 4 is 10.2 Å². The maximum Gasteiger partial charge on any atom is 0.277 e. The van der Waals surface area contributed by atoms with E-state index < -0.39 is 15.7 Å². The SMILES string of the molecule is CC(C)(C)NS(=O)(=O)NC1CCCCC1. The molecule has 1 saturated carbocycles. The molecular weight excluding hydrogens is 212 g/mol. The van der Waals surface area contributed by atoms with Crippen LogP contribution in [0.15, 0.2) is 0 Å². The smallest absolute Gasteiger partial charge is 0.199 e. The molecule has 0 saturated heterocycles. The van der Waals surface area contributed by atoms with E-state index in [9.17, 15) is 8.42 Å². The maximum absolute atomic E-state index is 11.7. The summed E-state index contributed by atoms with van der Waals surface area (Å²) in [6, 6.07) is 0.124. The van der Waals surface area contributed by atoms with Crippen LogP contribution in [0.25, 0.3) is 0 Å². The van der Waals surface area contributed by atoms with Crippen molar-refractivity contribution in [3.63, 3.8) is 0 Å². The molecular formula is C10H22N2O2S. The van der Waals surface area contributed by atoms with Crippen LogP contribution in [0, 0.1) is 0 Å². The molecule has 15 heavy (non-hydrogen) atoms. The van der Waals surface area contributed by atoms with E-state index in [0.29, 0.717) is 0 Å². The summed E-state index contributed by atoms with van der Waals surface area (Å²) in [5.41, 5.74) is -0.416. The quantitative estimate of drug-likeness (QED) is 0.778. The molecule has 0 amide bonds. The zero-order chi connectivity index (χ0) is 11.5. The molecule has 4 nitrogen and oxygen atoms in total. The third kappa shape index (κ3) is 5.49. The Bertz CT molecular complexity index is 287. The lowest BCUT2D eigenvalue weighted by Crippen LogP contribution is -2.50. The summed E-state index contributed by atoms with van der Waals surface area (Å²) in [4.78, 5) is 0. The highest BCUT2D eigenvalue weighted by atomic mass is 32.2. The molecule has 1 rings (SSSR count). The summed E-state index contributed by atoms with van der Waals surface area (Å²) in [6.07, 6.45) is 5.41. The van der Waals surface area contributed by atoms with Crippen LogP contribution >= 0.6 is 0 Å². The predicted molar refractivity (Wildman–Crippen MR) is 61.8 cm³/mol. The van der Waals surface area contributed by atoms with Gasteiger partial charge in [0.25, 0.3) is 10.2 Å². The lowest BCUT2D eigenvalue weighted by Gasteiger charge is -2.26. The van der Waals surface area contributed by atoms with Gasteiger partial charge in [-0.05, 0) is 33.6 Å². The second-order valence-electron chi connectivity index (χ2n) is 5.31. The summed E-state index contributed by atoms with van der Waals surface area (Å²) in [6.45, 7) is 5.52. The molecule has 0 aromatic heterocycles. The van der Waals surface area contributed by atoms with Crippen LogP contribution in [0.2, 0.25) is 0 Å². The van der Waals surface area contributed by atoms with Gasteiger partial charge in [0.1, 0.15) is 0 Å². The molecule has 0 aromatic rings. The highest BCUT2D eigenvalue weighted by Crippen LogP contribution is 2.18. The molecule has 1 aliphatic rings. The van der Waals surface area contributed by atoms with E-state index in [1.54, 1.807) is 0 Å². The van der Waals surface area contributed by atoms with Gasteiger partial charge >= 0.3 is 0 Å². The van der Waals surface area contributed by atoms with Crippen LogP contribution in [0.1, 0.15) is 52.9 Å². The van der Waals surface area contributed by atoms with Crippen molar-refractivity contribution in [2.75, 3.05) is 0 Å². The summed E-state index contributed by atoms with van der Waals surface area (Å²) >= 11 is 0. The normalized spacial score (nSPS) is 20.5. The third-order valence-corrected chi connectivity index (χ3v) is 3.89. The fraction of sp³-hybridized carbons (Fsp3) is 1.00. The highest BCUT2D eigenvalue weighted by molar-refractivity contribution is 7.87. The Morgan fingerprint density at radius 1 is 1.07 bits per heavy atom. The maximum atomic E-state index is 11.7. The lowest BCUT2D eigenvalue weighted by atomic mass is 9.96. The summed E-state index contributed by atoms with van der Waals surface area (Å²) < 4.78 is 28.7. The molecule has 0 unspecified atom stereocenters. The van der Waals surface area contributed by atoms with Crippen LogP contribution in [-0.4, -0.2) is 20.0 Å². The molecule has 0 atom stereocenters. The van der Waals surface area contributed by atoms with Gasteiger partial charge in [-0.1, -0.05) is 19.3 Å². The summed E-state index contributed by atoms with van der Waals surface area (Å²) in [5.74, 6) is 0. The Balaban J connectivity index is 2.48. The van der Waals surface area contributed by atoms with Gasteiger partial charge in [0, 0.05) is 11.6 Å². The van der Waals surface area contributed by atoms with E-state index in [1.165, 1.54) is 6.42 Å². The first-order chi connectivity index (χ1) is 6.79. The first-order valence-electron chi connectivity index (χ1n) is 5.60. The molecule has 0 radical (unpaired) electrons. The van der Waals surface area contributed by atoms with Crippen LogP contribution < -0.4 is 9.44 Å². The molecule has 90 valence electrons. The van der Waals surface area contributed by atoms with Crippen molar-refractivity contribution in [1.82, 2.24) is 9.44 Å². The van der Waals surface area contributed by atoms with E-state index in [1.807, 2.05) is 20.8 Å². The molecule has 2 N–H and O–H groups in total. The Morgan fingerprint density at radius 2 is 1.60 bits per heavy atom. The average molecular weight is 234 g/mol. The first-order valence-corrected chi connectivity index (χ1v) is 7.08. The van der Waals surface area contributed by atoms with Gasteiger partial charge in [-0.25, -0.2) is 0 Å². The minimum Gasteiger partial charge on any atom is -0.199 e. The topological polar surface area (TPSA) is 58.2 Å². The fourth-order valence-electron chi connectivity index (χ4n) is 1.87. The highest BCUT2D eigenvalue weighted by Gasteiger charge is 2.23. The van der Waals surface area contributed by atoms with Crippen molar-refractivity contribution < 1.29 is 8.42 Å². The Hall–Kier alpha value is -0.130. The largest absolute Gasteiger partial charge is 0.277 e. The van der Waals surface area contributed by atoms with Crippen LogP contribution in [0.4, 0.5) is 0 Å². The minimum absolute atomic E-state index is 0.124. The van der Waals surface area contributed by atoms with Gasteiger partial charge in [-0.2, -0.15) is 17.9 Å². The van der Waals surface area contributed by atoms with Crippen LogP contribution in [0.3, 0.4) is 0 Å². The van der Waals surface area contributed by atoms with E-state index in [-0.39, 0.29) is 6.04 Å². The van der Waals surface area contributed by atoms with Gasteiger partial charge in [0.15, 0.2) is 0 Å². The molecule has 0 aromatic carbocycles. The molecule has 0 heterocycles. The second kappa shape index (κ2) is 4.80. The van der Waals surface area contributed by atoms with E-state index in [4.69, 9.17) is 0 Å². The zero-order valence-electron chi connectivity index (χ0n) is 9.84. The van der Waals surface area contributed by atoms with Gasteiger partial charge in [-0.3, -0.25) is 0 Å². The van der Waals surface area contributed by atoms with E-state index in [0.717, 1.165) is 25.7 Å². The minimum atomic E-state index is -3.34. The average Bonchev–Trinajstić information content (AvgIpc) is 1.99. The predicted octanol–water partition coefficient (Wildman–Crippen LogP) is 1.54. The van der Waals surface area contributed by atoms with E-state index >= 15 is 0 Å². The number of hydrogen-bond donors (Lipinski definition) is 2. The van der Waals surface area contributed by atoms with Crippen molar-refractivity contribution in [2.45, 2.75) is 64.5 Å². The molecule has 1 aliphatic carbocycles. The Labute approximate surface area is 93.0 Å². The van der Waals surface area contributed by atoms with E-state index in [2.05, 4.69) is 9.44 Å². The molecule has 5 heteroatoms. The van der Waals surface area contributed by atoms with Gasteiger partial charge in [-0.15, -0.1) is 0 Å². The molecule has 0 spiro atoms. The van der Waals surface area contributed by atoms with Crippen molar-refractivity contribution in [2.24, 2.45) is 0 Å². The summed E-state index contributed by atoms with van der Waals surface area (Å²) in [7, 11) is -3.34. The second-order valence-corrected chi connectivity index (χ2v) is 6.75. The fourth-order valence-corrected chi connectivity index (χ4v) is 3.41. The molecule has 0 aliphatic heterocycles. The van der Waals surface area contributed by atoms with Gasteiger partial charge < -0.3 is 0 Å². The van der Waals surface area contributed by atoms with Crippen molar-refractivity contribution in [1.29, 1.82) is 0 Å². The van der Waals surface area contributed by atoms with Crippen LogP contribution in [-0.2, 0) is 10.2 Å². The van der Waals surface area contributed by atoms with Gasteiger partial charge in [0.2, 0.25) is 0 Å². The monoisotopic (exact) mass is 234 g/mol. The van der Waals surface area contributed by atoms with Crippen LogP contribution in [0.5, 0.6) is 0 Å². The number of nitrogens with one attached hydrogen (secondary N) is 2. The molecule has 1 fully saturated rings. The third-order valence-electron chi connectivity index (χ3n) is 2.37. The Kier molecular flexibility index (Phi) is 4.14. The zero-order valence-corrected chi connectivity index (χ0v) is 10.7. The molecule has 0 bridgehead atoms. The Morgan fingerprint density at radius 3 is 2.07 bits per heavy atom. The number of hydrogen-bond acceptors (Lipinski definition) is 2. The number of rotatable bonds is 3. The van der Waals surface area contributed by atoms with Gasteiger partial charge in [0.05, 0.1) is 0 Å². The lowest BCUT2D eigenvalue weighted by molar-refractivity contribution is 0.403. The first kappa shape index (κ1) is 12.9. The van der Waals surface area contributed by atoms with Crippen molar-refractivity contribution in [3.8, 4) is 0 Å². The summed E-state index contributed by atoms with van der Waals surface area (Å²) in [5, 5.41) is 0. The van der Waals surface area contributed by atoms with Crippen molar-refractivity contribution in [3.05, 3.63) is 0 Å². The standard InChI is InChI=1S/C10H22N2O2S/c1-10(2,3)12-15(13,14)11-9-7-5-4-6-8-9/h9,11-12H,4-8H2,1-3H3.